The van der Waals surface area contributed by atoms with Gasteiger partial charge in [0, 0.05) is 5.75 Å². The number of nitrogens with zero attached hydrogens (tertiary/aromatic N) is 1. The van der Waals surface area contributed by atoms with Crippen molar-refractivity contribution >= 4 is 15.6 Å². The second-order valence-corrected chi connectivity index (χ2v) is 6.82. The van der Waals surface area contributed by atoms with Crippen LogP contribution in [-0.4, -0.2) is 49.4 Å². The molecule has 5 nitrogen and oxygen atoms in total. The zero-order chi connectivity index (χ0) is 17.9. The van der Waals surface area contributed by atoms with Crippen LogP contribution >= 0.6 is 0 Å². The van der Waals surface area contributed by atoms with Crippen LogP contribution in [-0.2, 0) is 9.84 Å². The summed E-state index contributed by atoms with van der Waals surface area (Å²) in [6, 6.07) is 1.93. The lowest BCUT2D eigenvalue weighted by Crippen LogP contribution is -2.41. The number of ether oxygens (including phenoxy) is 1. The zero-order valence-corrected chi connectivity index (χ0v) is 12.5. The van der Waals surface area contributed by atoms with E-state index in [2.05, 4.69) is 9.72 Å². The lowest BCUT2D eigenvalue weighted by molar-refractivity contribution is -0.290. The first-order valence-electron chi connectivity index (χ1n) is 6.15. The van der Waals surface area contributed by atoms with Gasteiger partial charge in [-0.2, -0.15) is 22.0 Å². The lowest BCUT2D eigenvalue weighted by atomic mass is 10.3. The lowest BCUT2D eigenvalue weighted by Gasteiger charge is -2.19. The maximum absolute atomic E-state index is 12.7. The molecule has 0 saturated heterocycles. The Morgan fingerprint density at radius 1 is 1.22 bits per heavy atom. The van der Waals surface area contributed by atoms with Crippen LogP contribution in [0.1, 0.15) is 17.4 Å². The van der Waals surface area contributed by atoms with Gasteiger partial charge in [0.2, 0.25) is 0 Å². The van der Waals surface area contributed by atoms with E-state index in [4.69, 9.17) is 0 Å². The molecule has 0 fully saturated rings. The molecule has 0 aromatic carbocycles. The first-order chi connectivity index (χ1) is 10.4. The van der Waals surface area contributed by atoms with E-state index in [9.17, 15) is 35.2 Å². The summed E-state index contributed by atoms with van der Waals surface area (Å²) in [5, 5.41) is 0. The molecule has 11 heteroatoms. The molecule has 130 valence electrons. The third-order valence-corrected chi connectivity index (χ3v) is 4.23. The van der Waals surface area contributed by atoms with Gasteiger partial charge < -0.3 is 4.74 Å². The SMILES string of the molecule is CCS(=O)(=O)CC(=O)c1ccc(OCC(F)(F)C(F)(F)F)cn1. The molecule has 0 unspecified atom stereocenters. The van der Waals surface area contributed by atoms with Crippen molar-refractivity contribution in [2.75, 3.05) is 18.1 Å². The molecule has 1 heterocycles. The molecule has 0 radical (unpaired) electrons. The Balaban J connectivity index is 2.73. The fourth-order valence-corrected chi connectivity index (χ4v) is 2.01. The predicted molar refractivity (Wildman–Crippen MR) is 69.4 cm³/mol. The number of alkyl halides is 5. The van der Waals surface area contributed by atoms with E-state index < -0.39 is 45.8 Å². The summed E-state index contributed by atoms with van der Waals surface area (Å²) in [5.74, 6) is -7.28. The highest BCUT2D eigenvalue weighted by Gasteiger charge is 2.58. The van der Waals surface area contributed by atoms with Crippen molar-refractivity contribution < 1.29 is 39.9 Å². The quantitative estimate of drug-likeness (QED) is 0.550. The fourth-order valence-electron chi connectivity index (χ4n) is 1.26. The second kappa shape index (κ2) is 6.77. The number of hydrogen-bond donors (Lipinski definition) is 0. The normalized spacial score (nSPS) is 13.0. The zero-order valence-electron chi connectivity index (χ0n) is 11.7. The minimum absolute atomic E-state index is 0.244. The number of sulfone groups is 1. The van der Waals surface area contributed by atoms with Crippen molar-refractivity contribution in [2.24, 2.45) is 0 Å². The molecule has 23 heavy (non-hydrogen) atoms. The van der Waals surface area contributed by atoms with Crippen LogP contribution in [0, 0.1) is 0 Å². The Kier molecular flexibility index (Phi) is 5.67. The summed E-state index contributed by atoms with van der Waals surface area (Å²) in [5.41, 5.74) is -0.267. The van der Waals surface area contributed by atoms with E-state index in [1.165, 1.54) is 6.92 Å². The van der Waals surface area contributed by atoms with Crippen LogP contribution < -0.4 is 4.74 Å². The summed E-state index contributed by atoms with van der Waals surface area (Å²) >= 11 is 0. The molecule has 0 aliphatic carbocycles. The number of carbonyl (C=O) groups excluding carboxylic acids is 1. The summed E-state index contributed by atoms with van der Waals surface area (Å²) in [6.07, 6.45) is -4.98. The summed E-state index contributed by atoms with van der Waals surface area (Å²) < 4.78 is 88.0. The highest BCUT2D eigenvalue weighted by Crippen LogP contribution is 2.35. The van der Waals surface area contributed by atoms with Crippen LogP contribution in [0.25, 0.3) is 0 Å². The molecule has 0 aliphatic heterocycles. The standard InChI is InChI=1S/C12H12F5NO4S/c1-2-23(20,21)6-10(19)9-4-3-8(5-18-9)22-7-11(13,14)12(15,16)17/h3-5H,2,6-7H2,1H3. The summed E-state index contributed by atoms with van der Waals surface area (Å²) in [7, 11) is -3.57. The number of aromatic nitrogens is 1. The van der Waals surface area contributed by atoms with Crippen LogP contribution in [0.15, 0.2) is 18.3 Å². The summed E-state index contributed by atoms with van der Waals surface area (Å²) in [4.78, 5) is 15.1. The minimum atomic E-state index is -5.75. The number of Topliss-reactive ketones (excluding diaryl/α,β-unsaturated/α-hetero) is 1. The van der Waals surface area contributed by atoms with E-state index >= 15 is 0 Å². The van der Waals surface area contributed by atoms with Crippen molar-refractivity contribution in [2.45, 2.75) is 19.0 Å². The van der Waals surface area contributed by atoms with Crippen molar-refractivity contribution in [3.8, 4) is 5.75 Å². The molecule has 0 atom stereocenters. The number of rotatable bonds is 7. The molecule has 0 spiro atoms. The Hall–Kier alpha value is -1.78. The van der Waals surface area contributed by atoms with Crippen LogP contribution in [0.5, 0.6) is 5.75 Å². The van der Waals surface area contributed by atoms with E-state index in [1.807, 2.05) is 0 Å². The third-order valence-electron chi connectivity index (χ3n) is 2.65. The van der Waals surface area contributed by atoms with Gasteiger partial charge in [0.25, 0.3) is 0 Å². The molecule has 0 aliphatic rings. The second-order valence-electron chi connectivity index (χ2n) is 4.47. The number of pyridine rings is 1. The molecule has 1 rings (SSSR count). The van der Waals surface area contributed by atoms with Crippen LogP contribution in [0.3, 0.4) is 0 Å². The maximum atomic E-state index is 12.7. The van der Waals surface area contributed by atoms with E-state index in [0.717, 1.165) is 18.3 Å². The van der Waals surface area contributed by atoms with Crippen molar-refractivity contribution in [3.63, 3.8) is 0 Å². The highest BCUT2D eigenvalue weighted by molar-refractivity contribution is 7.92. The van der Waals surface area contributed by atoms with Crippen LogP contribution in [0.2, 0.25) is 0 Å². The number of carbonyl (C=O) groups is 1. The first-order valence-corrected chi connectivity index (χ1v) is 7.97. The fraction of sp³-hybridized carbons (Fsp3) is 0.500. The topological polar surface area (TPSA) is 73.3 Å². The van der Waals surface area contributed by atoms with Gasteiger partial charge in [-0.25, -0.2) is 13.4 Å². The Morgan fingerprint density at radius 3 is 2.26 bits per heavy atom. The monoisotopic (exact) mass is 361 g/mol. The average molecular weight is 361 g/mol. The summed E-state index contributed by atoms with van der Waals surface area (Å²) in [6.45, 7) is -0.580. The van der Waals surface area contributed by atoms with Crippen molar-refractivity contribution in [3.05, 3.63) is 24.0 Å². The van der Waals surface area contributed by atoms with Crippen molar-refractivity contribution in [1.29, 1.82) is 0 Å². The van der Waals surface area contributed by atoms with E-state index in [0.29, 0.717) is 0 Å². The van der Waals surface area contributed by atoms with E-state index in [1.54, 1.807) is 0 Å². The van der Waals surface area contributed by atoms with Gasteiger partial charge in [-0.3, -0.25) is 4.79 Å². The molecular formula is C12H12F5NO4S. The molecule has 0 saturated carbocycles. The molecule has 1 aromatic heterocycles. The van der Waals surface area contributed by atoms with Gasteiger partial charge in [0.1, 0.15) is 17.2 Å². The number of halogens is 5. The van der Waals surface area contributed by atoms with Gasteiger partial charge in [0.05, 0.1) is 6.20 Å². The number of hydrogen-bond acceptors (Lipinski definition) is 5. The minimum Gasteiger partial charge on any atom is -0.485 e. The molecule has 0 bridgehead atoms. The maximum Gasteiger partial charge on any atom is 0.456 e. The average Bonchev–Trinajstić information content (AvgIpc) is 2.44. The van der Waals surface area contributed by atoms with Gasteiger partial charge in [-0.15, -0.1) is 0 Å². The molecule has 1 aromatic rings. The van der Waals surface area contributed by atoms with Crippen molar-refractivity contribution in [1.82, 2.24) is 4.98 Å². The molecule has 0 N–H and O–H groups in total. The van der Waals surface area contributed by atoms with E-state index in [-0.39, 0.29) is 11.4 Å². The van der Waals surface area contributed by atoms with Gasteiger partial charge in [0.15, 0.2) is 22.2 Å². The van der Waals surface area contributed by atoms with Crippen LogP contribution in [0.4, 0.5) is 22.0 Å². The van der Waals surface area contributed by atoms with Gasteiger partial charge in [-0.05, 0) is 12.1 Å². The Labute approximate surface area is 128 Å². The smallest absolute Gasteiger partial charge is 0.456 e. The molecule has 0 amide bonds. The van der Waals surface area contributed by atoms with Gasteiger partial charge in [-0.1, -0.05) is 6.92 Å². The third kappa shape index (κ3) is 5.41. The largest absolute Gasteiger partial charge is 0.485 e. The highest BCUT2D eigenvalue weighted by atomic mass is 32.2. The van der Waals surface area contributed by atoms with Gasteiger partial charge >= 0.3 is 12.1 Å². The Morgan fingerprint density at radius 2 is 1.83 bits per heavy atom. The first kappa shape index (κ1) is 19.3. The number of ketones is 1. The Bertz CT molecular complexity index is 655. The molecular weight excluding hydrogens is 349 g/mol. The predicted octanol–water partition coefficient (Wildman–Crippen LogP) is 2.28.